The molecule has 0 bridgehead atoms. The summed E-state index contributed by atoms with van der Waals surface area (Å²) in [7, 11) is 1.54. The molecule has 0 fully saturated rings. The lowest BCUT2D eigenvalue weighted by Crippen LogP contribution is -2.25. The average molecular weight is 463 g/mol. The van der Waals surface area contributed by atoms with Gasteiger partial charge in [0.2, 0.25) is 0 Å². The van der Waals surface area contributed by atoms with Crippen molar-refractivity contribution in [1.29, 1.82) is 0 Å². The number of non-ortho nitro benzene ring substituents is 1. The largest absolute Gasteiger partial charge is 0.494 e. The lowest BCUT2D eigenvalue weighted by molar-refractivity contribution is -0.384. The van der Waals surface area contributed by atoms with Gasteiger partial charge < -0.3 is 14.7 Å². The highest BCUT2D eigenvalue weighted by atomic mass is 16.6. The second-order valence-corrected chi connectivity index (χ2v) is 7.30. The number of rotatable bonds is 10. The van der Waals surface area contributed by atoms with Crippen LogP contribution in [-0.4, -0.2) is 36.8 Å². The molecule has 34 heavy (non-hydrogen) atoms. The Labute approximate surface area is 197 Å². The molecule has 0 aromatic heterocycles. The molecule has 0 aliphatic carbocycles. The molecule has 0 aliphatic heterocycles. The number of likely N-dealkylation sites (N-methyl/N-ethyl adjacent to an activating group) is 1. The number of hydrogen-bond acceptors (Lipinski definition) is 9. The fourth-order valence-corrected chi connectivity index (χ4v) is 3.20. The summed E-state index contributed by atoms with van der Waals surface area (Å²) >= 11 is 0. The van der Waals surface area contributed by atoms with Crippen LogP contribution in [0.1, 0.15) is 12.5 Å². The van der Waals surface area contributed by atoms with Gasteiger partial charge in [0.25, 0.3) is 5.69 Å². The molecule has 176 valence electrons. The van der Waals surface area contributed by atoms with E-state index in [1.807, 2.05) is 38.1 Å². The second-order valence-electron chi connectivity index (χ2n) is 7.30. The predicted octanol–water partition coefficient (Wildman–Crippen LogP) is 6.56. The summed E-state index contributed by atoms with van der Waals surface area (Å²) in [6.07, 6.45) is 0. The number of aryl methyl sites for hydroxylation is 1. The molecule has 0 spiro atoms. The minimum Gasteiger partial charge on any atom is -0.494 e. The first kappa shape index (κ1) is 24.5. The van der Waals surface area contributed by atoms with Crippen molar-refractivity contribution in [2.24, 2.45) is 20.5 Å². The van der Waals surface area contributed by atoms with E-state index in [4.69, 9.17) is 4.74 Å². The highest BCUT2D eigenvalue weighted by Crippen LogP contribution is 2.36. The van der Waals surface area contributed by atoms with E-state index in [1.165, 1.54) is 31.4 Å². The molecule has 10 heteroatoms. The molecule has 0 saturated heterocycles. The Morgan fingerprint density at radius 3 is 2.06 bits per heavy atom. The van der Waals surface area contributed by atoms with Crippen molar-refractivity contribution in [3.05, 3.63) is 76.3 Å². The third-order valence-electron chi connectivity index (χ3n) is 5.07. The third kappa shape index (κ3) is 6.20. The molecule has 0 atom stereocenters. The van der Waals surface area contributed by atoms with Crippen molar-refractivity contribution in [2.45, 2.75) is 13.8 Å². The second kappa shape index (κ2) is 11.6. The zero-order chi connectivity index (χ0) is 24.5. The molecule has 0 unspecified atom stereocenters. The van der Waals surface area contributed by atoms with Crippen LogP contribution < -0.4 is 9.64 Å². The van der Waals surface area contributed by atoms with E-state index >= 15 is 0 Å². The van der Waals surface area contributed by atoms with Gasteiger partial charge in [0.15, 0.2) is 0 Å². The number of nitrogens with zero attached hydrogens (tertiary/aromatic N) is 6. The van der Waals surface area contributed by atoms with Gasteiger partial charge in [-0.25, -0.2) is 0 Å². The summed E-state index contributed by atoms with van der Waals surface area (Å²) in [5.41, 5.74) is 4.14. The Morgan fingerprint density at radius 2 is 1.53 bits per heavy atom. The van der Waals surface area contributed by atoms with Crippen LogP contribution in [-0.2, 0) is 0 Å². The number of methoxy groups -OCH3 is 1. The van der Waals surface area contributed by atoms with Gasteiger partial charge in [0, 0.05) is 37.0 Å². The van der Waals surface area contributed by atoms with Crippen LogP contribution in [0.4, 0.5) is 34.1 Å². The third-order valence-corrected chi connectivity index (χ3v) is 5.07. The summed E-state index contributed by atoms with van der Waals surface area (Å²) in [6.45, 7) is 5.37. The zero-order valence-electron chi connectivity index (χ0n) is 19.3. The van der Waals surface area contributed by atoms with Crippen molar-refractivity contribution in [3.8, 4) is 5.75 Å². The van der Waals surface area contributed by atoms with Gasteiger partial charge in [-0.2, -0.15) is 15.3 Å². The lowest BCUT2D eigenvalue weighted by Gasteiger charge is -2.21. The van der Waals surface area contributed by atoms with Gasteiger partial charge in [-0.15, -0.1) is 5.11 Å². The number of nitro groups is 1. The number of hydrogen-bond donors (Lipinski definition) is 1. The maximum Gasteiger partial charge on any atom is 0.269 e. The van der Waals surface area contributed by atoms with Gasteiger partial charge in [-0.3, -0.25) is 10.1 Å². The smallest absolute Gasteiger partial charge is 0.269 e. The summed E-state index contributed by atoms with van der Waals surface area (Å²) in [4.78, 5) is 12.4. The van der Waals surface area contributed by atoms with E-state index < -0.39 is 4.92 Å². The number of benzene rings is 3. The molecule has 0 aliphatic rings. The molecular weight excluding hydrogens is 436 g/mol. The monoisotopic (exact) mass is 462 g/mol. The van der Waals surface area contributed by atoms with Gasteiger partial charge in [0.05, 0.1) is 35.7 Å². The van der Waals surface area contributed by atoms with Crippen molar-refractivity contribution in [2.75, 3.05) is 31.7 Å². The Bertz CT molecular complexity index is 1180. The van der Waals surface area contributed by atoms with Crippen LogP contribution in [0, 0.1) is 17.0 Å². The van der Waals surface area contributed by atoms with Crippen molar-refractivity contribution >= 4 is 34.1 Å². The molecular formula is C24H26N6O4. The molecule has 3 rings (SSSR count). The van der Waals surface area contributed by atoms with Crippen LogP contribution in [0.25, 0.3) is 0 Å². The van der Waals surface area contributed by atoms with Crippen molar-refractivity contribution in [3.63, 3.8) is 0 Å². The van der Waals surface area contributed by atoms with Crippen molar-refractivity contribution in [1.82, 2.24) is 0 Å². The van der Waals surface area contributed by atoms with E-state index in [1.54, 1.807) is 12.1 Å². The fourth-order valence-electron chi connectivity index (χ4n) is 3.20. The normalized spacial score (nSPS) is 11.3. The highest BCUT2D eigenvalue weighted by Gasteiger charge is 2.09. The predicted molar refractivity (Wildman–Crippen MR) is 131 cm³/mol. The van der Waals surface area contributed by atoms with Crippen LogP contribution in [0.2, 0.25) is 0 Å². The average Bonchev–Trinajstić information content (AvgIpc) is 2.86. The SMILES string of the molecule is CCN(CCO)c1ccc(N=Nc2cc(C)c(N=Nc3ccc([N+](=O)[O-])cc3)cc2OC)cc1. The van der Waals surface area contributed by atoms with Gasteiger partial charge in [-0.1, -0.05) is 0 Å². The maximum atomic E-state index is 10.8. The first-order valence-corrected chi connectivity index (χ1v) is 10.7. The van der Waals surface area contributed by atoms with E-state index in [0.717, 1.165) is 17.8 Å². The lowest BCUT2D eigenvalue weighted by atomic mass is 10.1. The summed E-state index contributed by atoms with van der Waals surface area (Å²) < 4.78 is 5.45. The van der Waals surface area contributed by atoms with Crippen LogP contribution in [0.5, 0.6) is 5.75 Å². The maximum absolute atomic E-state index is 10.8. The minimum absolute atomic E-state index is 0.00555. The minimum atomic E-state index is -0.464. The summed E-state index contributed by atoms with van der Waals surface area (Å²) in [5.74, 6) is 0.490. The number of nitro benzene ring substituents is 1. The first-order chi connectivity index (χ1) is 16.4. The van der Waals surface area contributed by atoms with Gasteiger partial charge >= 0.3 is 0 Å². The number of aliphatic hydroxyl groups is 1. The molecule has 1 N–H and O–H groups in total. The first-order valence-electron chi connectivity index (χ1n) is 10.7. The Balaban J connectivity index is 1.77. The Hall–Kier alpha value is -4.18. The fraction of sp³-hybridized carbons (Fsp3) is 0.250. The van der Waals surface area contributed by atoms with Gasteiger partial charge in [0.1, 0.15) is 11.4 Å². The standard InChI is InChI=1S/C24H26N6O4/c1-4-29(13-14-31)20-9-5-18(6-10-20)26-28-23-15-17(2)22(16-24(23)34-3)27-25-19-7-11-21(12-8-19)30(32)33/h5-12,15-16,31H,4,13-14H2,1-3H3. The molecule has 3 aromatic carbocycles. The zero-order valence-corrected chi connectivity index (χ0v) is 19.3. The highest BCUT2D eigenvalue weighted by molar-refractivity contribution is 5.63. The summed E-state index contributed by atoms with van der Waals surface area (Å²) in [5, 5.41) is 37.0. The molecule has 0 amide bonds. The topological polar surface area (TPSA) is 125 Å². The Kier molecular flexibility index (Phi) is 8.36. The summed E-state index contributed by atoms with van der Waals surface area (Å²) in [6, 6.07) is 17.0. The molecule has 0 heterocycles. The molecule has 3 aromatic rings. The number of aliphatic hydroxyl groups excluding tert-OH is 1. The number of azo groups is 2. The van der Waals surface area contributed by atoms with Crippen molar-refractivity contribution < 1.29 is 14.8 Å². The Morgan fingerprint density at radius 1 is 0.941 bits per heavy atom. The van der Waals surface area contributed by atoms with E-state index in [-0.39, 0.29) is 12.3 Å². The molecule has 0 saturated carbocycles. The van der Waals surface area contributed by atoms with E-state index in [0.29, 0.717) is 35.0 Å². The number of anilines is 1. The van der Waals surface area contributed by atoms with Crippen LogP contribution in [0.3, 0.4) is 0 Å². The van der Waals surface area contributed by atoms with Crippen LogP contribution in [0.15, 0.2) is 81.1 Å². The molecule has 10 nitrogen and oxygen atoms in total. The molecule has 0 radical (unpaired) electrons. The number of ether oxygens (including phenoxy) is 1. The van der Waals surface area contributed by atoms with Crippen LogP contribution >= 0.6 is 0 Å². The quantitative estimate of drug-likeness (QED) is 0.207. The van der Waals surface area contributed by atoms with E-state index in [9.17, 15) is 15.2 Å². The van der Waals surface area contributed by atoms with E-state index in [2.05, 4.69) is 25.4 Å². The van der Waals surface area contributed by atoms with Gasteiger partial charge in [-0.05, 0) is 61.9 Å².